The Balaban J connectivity index is 1.40. The quantitative estimate of drug-likeness (QED) is 0.236. The lowest BCUT2D eigenvalue weighted by molar-refractivity contribution is 0.969. The van der Waals surface area contributed by atoms with E-state index in [0.717, 1.165) is 44.6 Å². The number of hydrogen-bond donors (Lipinski definition) is 0. The second-order valence-electron chi connectivity index (χ2n) is 9.97. The van der Waals surface area contributed by atoms with Crippen LogP contribution in [0.5, 0.6) is 0 Å². The van der Waals surface area contributed by atoms with E-state index < -0.39 is 0 Å². The van der Waals surface area contributed by atoms with E-state index in [2.05, 4.69) is 118 Å². The Kier molecular flexibility index (Phi) is 5.10. The van der Waals surface area contributed by atoms with Crippen LogP contribution in [0, 0.1) is 0 Å². The third-order valence-electron chi connectivity index (χ3n) is 7.57. The molecule has 0 fully saturated rings. The first-order valence-corrected chi connectivity index (χ1v) is 13.4. The van der Waals surface area contributed by atoms with E-state index in [-0.39, 0.29) is 0 Å². The van der Waals surface area contributed by atoms with Crippen molar-refractivity contribution in [2.75, 3.05) is 0 Å². The van der Waals surface area contributed by atoms with Gasteiger partial charge in [-0.1, -0.05) is 97.1 Å². The molecule has 0 spiro atoms. The van der Waals surface area contributed by atoms with Crippen LogP contribution in [0.3, 0.4) is 0 Å². The molecule has 3 heterocycles. The normalized spacial score (nSPS) is 11.5. The lowest BCUT2D eigenvalue weighted by Gasteiger charge is -2.11. The highest BCUT2D eigenvalue weighted by Gasteiger charge is 2.17. The lowest BCUT2D eigenvalue weighted by Crippen LogP contribution is -2.03. The van der Waals surface area contributed by atoms with Crippen molar-refractivity contribution < 1.29 is 0 Å². The number of nitrogens with zero attached hydrogens (tertiary/aromatic N) is 4. The molecule has 8 aromatic rings. The molecule has 4 heteroatoms. The van der Waals surface area contributed by atoms with Crippen LogP contribution in [-0.2, 0) is 0 Å². The highest BCUT2D eigenvalue weighted by molar-refractivity contribution is 6.13. The molecule has 8 rings (SSSR count). The summed E-state index contributed by atoms with van der Waals surface area (Å²) in [7, 11) is 0. The second-order valence-corrected chi connectivity index (χ2v) is 9.97. The van der Waals surface area contributed by atoms with Gasteiger partial charge in [0.1, 0.15) is 0 Å². The average molecular weight is 513 g/mol. The fraction of sp³-hybridized carbons (Fsp3) is 0. The molecule has 0 atom stereocenters. The van der Waals surface area contributed by atoms with Gasteiger partial charge in [-0.3, -0.25) is 4.57 Å². The zero-order chi connectivity index (χ0) is 26.5. The van der Waals surface area contributed by atoms with Crippen LogP contribution < -0.4 is 0 Å². The van der Waals surface area contributed by atoms with Crippen molar-refractivity contribution in [1.82, 2.24) is 19.1 Å². The van der Waals surface area contributed by atoms with Crippen molar-refractivity contribution >= 4 is 32.7 Å². The number of benzene rings is 5. The average Bonchev–Trinajstić information content (AvgIpc) is 3.59. The Labute approximate surface area is 231 Å². The Hall–Kier alpha value is -5.48. The topological polar surface area (TPSA) is 35.6 Å². The van der Waals surface area contributed by atoms with E-state index in [4.69, 9.17) is 9.97 Å². The molecule has 0 aliphatic rings. The summed E-state index contributed by atoms with van der Waals surface area (Å²) in [5, 5.41) is 3.62. The third kappa shape index (κ3) is 3.62. The third-order valence-corrected chi connectivity index (χ3v) is 7.57. The molecule has 0 unspecified atom stereocenters. The molecule has 0 saturated carbocycles. The largest absolute Gasteiger partial charge is 0.309 e. The molecule has 0 amide bonds. The van der Waals surface area contributed by atoms with Crippen molar-refractivity contribution in [1.29, 1.82) is 0 Å². The molecule has 0 aliphatic heterocycles. The van der Waals surface area contributed by atoms with Crippen LogP contribution in [0.1, 0.15) is 0 Å². The van der Waals surface area contributed by atoms with Gasteiger partial charge >= 0.3 is 0 Å². The van der Waals surface area contributed by atoms with Crippen molar-refractivity contribution in [3.8, 4) is 34.2 Å². The second kappa shape index (κ2) is 9.07. The van der Waals surface area contributed by atoms with Gasteiger partial charge in [0.05, 0.1) is 27.9 Å². The Morgan fingerprint density at radius 2 is 1.05 bits per heavy atom. The van der Waals surface area contributed by atoms with Gasteiger partial charge in [0.2, 0.25) is 5.95 Å². The van der Waals surface area contributed by atoms with Crippen LogP contribution >= 0.6 is 0 Å². The van der Waals surface area contributed by atoms with Crippen molar-refractivity contribution in [3.05, 3.63) is 146 Å². The van der Waals surface area contributed by atoms with E-state index >= 15 is 0 Å². The first-order valence-electron chi connectivity index (χ1n) is 13.4. The zero-order valence-electron chi connectivity index (χ0n) is 21.6. The van der Waals surface area contributed by atoms with Crippen molar-refractivity contribution in [3.63, 3.8) is 0 Å². The Morgan fingerprint density at radius 1 is 0.450 bits per heavy atom. The minimum absolute atomic E-state index is 0.650. The summed E-state index contributed by atoms with van der Waals surface area (Å²) >= 11 is 0. The number of hydrogen-bond acceptors (Lipinski definition) is 2. The molecule has 3 aromatic heterocycles. The van der Waals surface area contributed by atoms with E-state index in [9.17, 15) is 0 Å². The zero-order valence-corrected chi connectivity index (χ0v) is 21.6. The highest BCUT2D eigenvalue weighted by Crippen LogP contribution is 2.36. The number of aromatic nitrogens is 4. The molecule has 0 aliphatic carbocycles. The van der Waals surface area contributed by atoms with Crippen LogP contribution in [0.25, 0.3) is 66.9 Å². The molecule has 0 radical (unpaired) electrons. The van der Waals surface area contributed by atoms with Gasteiger partial charge in [0.15, 0.2) is 0 Å². The van der Waals surface area contributed by atoms with E-state index in [1.165, 1.54) is 16.3 Å². The van der Waals surface area contributed by atoms with Crippen LogP contribution in [-0.4, -0.2) is 19.1 Å². The van der Waals surface area contributed by atoms with Crippen molar-refractivity contribution in [2.24, 2.45) is 0 Å². The maximum atomic E-state index is 5.07. The summed E-state index contributed by atoms with van der Waals surface area (Å²) in [6, 6.07) is 48.6. The summed E-state index contributed by atoms with van der Waals surface area (Å²) in [4.78, 5) is 10.1. The Bertz CT molecular complexity index is 2080. The summed E-state index contributed by atoms with van der Waals surface area (Å²) in [6.45, 7) is 0. The maximum Gasteiger partial charge on any atom is 0.235 e. The van der Waals surface area contributed by atoms with Gasteiger partial charge in [0.25, 0.3) is 0 Å². The summed E-state index contributed by atoms with van der Waals surface area (Å²) < 4.78 is 4.46. The fourth-order valence-corrected chi connectivity index (χ4v) is 5.68. The van der Waals surface area contributed by atoms with Crippen molar-refractivity contribution in [2.45, 2.75) is 0 Å². The van der Waals surface area contributed by atoms with Gasteiger partial charge in [0, 0.05) is 39.2 Å². The Morgan fingerprint density at radius 3 is 1.73 bits per heavy atom. The summed E-state index contributed by atoms with van der Waals surface area (Å²) in [5.74, 6) is 0.650. The van der Waals surface area contributed by atoms with Gasteiger partial charge in [-0.25, -0.2) is 9.97 Å². The predicted octanol–water partition coefficient (Wildman–Crippen LogP) is 8.85. The van der Waals surface area contributed by atoms with Crippen LogP contribution in [0.15, 0.2) is 146 Å². The summed E-state index contributed by atoms with van der Waals surface area (Å²) in [5.41, 5.74) is 8.46. The number of rotatable bonds is 4. The van der Waals surface area contributed by atoms with E-state index in [1.54, 1.807) is 0 Å². The van der Waals surface area contributed by atoms with Gasteiger partial charge < -0.3 is 4.57 Å². The number of para-hydroxylation sites is 2. The molecule has 0 saturated heterocycles. The standard InChI is InChI=1S/C36H24N4/c1-4-12-25(13-5-1)31-23-32(26-14-6-2-7-15-26)38-36(37-31)39-21-20-27-22-30-29-18-10-11-19-33(29)40(35(30)24-34(27)39)28-16-8-3-9-17-28/h1-24H. The molecular formula is C36H24N4. The van der Waals surface area contributed by atoms with Crippen LogP contribution in [0.2, 0.25) is 0 Å². The van der Waals surface area contributed by atoms with Gasteiger partial charge in [-0.05, 0) is 42.5 Å². The van der Waals surface area contributed by atoms with E-state index in [1.807, 2.05) is 36.4 Å². The first-order chi connectivity index (χ1) is 19.8. The summed E-state index contributed by atoms with van der Waals surface area (Å²) in [6.07, 6.45) is 2.08. The monoisotopic (exact) mass is 512 g/mol. The molecule has 4 nitrogen and oxygen atoms in total. The first kappa shape index (κ1) is 22.5. The molecule has 5 aromatic carbocycles. The van der Waals surface area contributed by atoms with Crippen LogP contribution in [0.4, 0.5) is 0 Å². The smallest absolute Gasteiger partial charge is 0.235 e. The minimum Gasteiger partial charge on any atom is -0.309 e. The SMILES string of the molecule is c1ccc(-c2cc(-c3ccccc3)nc(-n3ccc4cc5c6ccccc6n(-c6ccccc6)c5cc43)n2)cc1. The maximum absolute atomic E-state index is 5.07. The highest BCUT2D eigenvalue weighted by atomic mass is 15.1. The molecule has 188 valence electrons. The minimum atomic E-state index is 0.650. The molecule has 0 bridgehead atoms. The van der Waals surface area contributed by atoms with E-state index in [0.29, 0.717) is 5.95 Å². The molecular weight excluding hydrogens is 488 g/mol. The molecule has 40 heavy (non-hydrogen) atoms. The number of fused-ring (bicyclic) bond motifs is 4. The fourth-order valence-electron chi connectivity index (χ4n) is 5.68. The van der Waals surface area contributed by atoms with Gasteiger partial charge in [-0.15, -0.1) is 0 Å². The molecule has 0 N–H and O–H groups in total. The van der Waals surface area contributed by atoms with Gasteiger partial charge in [-0.2, -0.15) is 0 Å². The predicted molar refractivity (Wildman–Crippen MR) is 164 cm³/mol. The lowest BCUT2D eigenvalue weighted by atomic mass is 10.1.